The van der Waals surface area contributed by atoms with E-state index in [2.05, 4.69) is 21.4 Å². The number of nitrogens with one attached hydrogen (secondary N) is 1. The maximum atomic E-state index is 13.1. The smallest absolute Gasteiger partial charge is 0.366 e. The van der Waals surface area contributed by atoms with Crippen molar-refractivity contribution in [2.75, 3.05) is 13.2 Å². The molecular formula is C14H19BrF3NO2. The average Bonchev–Trinajstić information content (AvgIpc) is 2.92. The molecule has 0 spiro atoms. The fourth-order valence-corrected chi connectivity index (χ4v) is 3.27. The van der Waals surface area contributed by atoms with Gasteiger partial charge in [-0.05, 0) is 24.5 Å². The second kappa shape index (κ2) is 6.02. The van der Waals surface area contributed by atoms with Crippen LogP contribution in [0.15, 0.2) is 22.2 Å². The third-order valence-corrected chi connectivity index (χ3v) is 4.72. The van der Waals surface area contributed by atoms with E-state index in [-0.39, 0.29) is 19.1 Å². The minimum Gasteiger partial charge on any atom is -0.366 e. The summed E-state index contributed by atoms with van der Waals surface area (Å²) in [7, 11) is 0. The molecule has 1 N–H and O–H groups in total. The molecule has 2 aliphatic rings. The number of rotatable bonds is 3. The van der Waals surface area contributed by atoms with Gasteiger partial charge in [0.15, 0.2) is 6.10 Å². The van der Waals surface area contributed by atoms with E-state index in [0.29, 0.717) is 0 Å². The molecule has 2 heterocycles. The maximum Gasteiger partial charge on any atom is 0.415 e. The molecule has 0 aromatic rings. The zero-order valence-corrected chi connectivity index (χ0v) is 13.7. The lowest BCUT2D eigenvalue weighted by atomic mass is 9.75. The Morgan fingerprint density at radius 2 is 2.10 bits per heavy atom. The summed E-state index contributed by atoms with van der Waals surface area (Å²) >= 11 is 3.39. The lowest BCUT2D eigenvalue weighted by Crippen LogP contribution is -2.50. The monoisotopic (exact) mass is 369 g/mol. The van der Waals surface area contributed by atoms with Crippen molar-refractivity contribution in [3.8, 4) is 0 Å². The number of hydrogen-bond donors (Lipinski definition) is 1. The van der Waals surface area contributed by atoms with Gasteiger partial charge in [0.1, 0.15) is 0 Å². The van der Waals surface area contributed by atoms with Crippen molar-refractivity contribution in [3.63, 3.8) is 0 Å². The van der Waals surface area contributed by atoms with E-state index >= 15 is 0 Å². The first-order valence-electron chi connectivity index (χ1n) is 6.83. The van der Waals surface area contributed by atoms with E-state index in [0.717, 1.165) is 10.1 Å². The van der Waals surface area contributed by atoms with Gasteiger partial charge in [-0.15, -0.1) is 0 Å². The highest BCUT2D eigenvalue weighted by atomic mass is 79.9. The van der Waals surface area contributed by atoms with Crippen molar-refractivity contribution in [3.05, 3.63) is 22.2 Å². The van der Waals surface area contributed by atoms with Crippen molar-refractivity contribution in [2.45, 2.75) is 38.6 Å². The molecule has 0 saturated carbocycles. The Morgan fingerprint density at radius 1 is 1.43 bits per heavy atom. The lowest BCUT2D eigenvalue weighted by Gasteiger charge is -2.32. The number of ether oxygens (including phenoxy) is 1. The van der Waals surface area contributed by atoms with Gasteiger partial charge < -0.3 is 9.57 Å². The zero-order valence-electron chi connectivity index (χ0n) is 12.1. The fraction of sp³-hybridized carbons (Fsp3) is 0.714. The first kappa shape index (κ1) is 17.0. The van der Waals surface area contributed by atoms with Crippen molar-refractivity contribution in [1.29, 1.82) is 0 Å². The molecule has 0 bridgehead atoms. The number of halogens is 4. The van der Waals surface area contributed by atoms with Gasteiger partial charge in [-0.3, -0.25) is 0 Å². The molecular weight excluding hydrogens is 351 g/mol. The number of fused-ring (bicyclic) bond motifs is 1. The maximum absolute atomic E-state index is 13.1. The molecule has 3 atom stereocenters. The van der Waals surface area contributed by atoms with E-state index in [4.69, 9.17) is 9.57 Å². The van der Waals surface area contributed by atoms with Crippen LogP contribution in [0.1, 0.15) is 20.8 Å². The Labute approximate surface area is 130 Å². The van der Waals surface area contributed by atoms with Gasteiger partial charge >= 0.3 is 6.18 Å². The molecule has 0 aliphatic carbocycles. The average molecular weight is 370 g/mol. The highest BCUT2D eigenvalue weighted by molar-refractivity contribution is 9.11. The van der Waals surface area contributed by atoms with Gasteiger partial charge in [0, 0.05) is 10.4 Å². The normalized spacial score (nSPS) is 34.7. The van der Waals surface area contributed by atoms with E-state index in [1.54, 1.807) is 0 Å². The summed E-state index contributed by atoms with van der Waals surface area (Å²) in [6.45, 7) is 5.70. The number of hydrogen-bond acceptors (Lipinski definition) is 3. The minimum absolute atomic E-state index is 0.0122. The van der Waals surface area contributed by atoms with Crippen LogP contribution < -0.4 is 5.48 Å². The van der Waals surface area contributed by atoms with Gasteiger partial charge in [0.05, 0.1) is 18.8 Å². The van der Waals surface area contributed by atoms with Crippen LogP contribution in [-0.4, -0.2) is 31.0 Å². The second-order valence-corrected chi connectivity index (χ2v) is 6.61. The van der Waals surface area contributed by atoms with Crippen molar-refractivity contribution in [2.24, 2.45) is 11.8 Å². The van der Waals surface area contributed by atoms with Crippen molar-refractivity contribution in [1.82, 2.24) is 5.48 Å². The highest BCUT2D eigenvalue weighted by Crippen LogP contribution is 2.47. The predicted molar refractivity (Wildman–Crippen MR) is 76.7 cm³/mol. The fourth-order valence-electron chi connectivity index (χ4n) is 3.02. The van der Waals surface area contributed by atoms with E-state index in [1.165, 1.54) is 0 Å². The molecule has 0 radical (unpaired) electrons. The molecule has 2 saturated heterocycles. The van der Waals surface area contributed by atoms with E-state index < -0.39 is 23.7 Å². The molecule has 2 rings (SSSR count). The Hall–Kier alpha value is -0.370. The standard InChI is InChI=1S/C14H19BrF3NO2/c1-4-9(15)5-10(8(2)3)13-7-20-12(14(16,17)18)11(13)6-21-19-13/h4-5,8,11-12,19H,6-7H2,1-3H3/b9-4+,10-5+. The molecule has 7 heteroatoms. The first-order chi connectivity index (χ1) is 9.72. The molecule has 0 aromatic carbocycles. The summed E-state index contributed by atoms with van der Waals surface area (Å²) < 4.78 is 45.3. The zero-order chi connectivity index (χ0) is 15.8. The molecule has 120 valence electrons. The van der Waals surface area contributed by atoms with Crippen molar-refractivity contribution < 1.29 is 22.7 Å². The lowest BCUT2D eigenvalue weighted by molar-refractivity contribution is -0.219. The number of alkyl halides is 3. The topological polar surface area (TPSA) is 30.5 Å². The molecule has 3 nitrogen and oxygen atoms in total. The van der Waals surface area contributed by atoms with Gasteiger partial charge in [-0.2, -0.15) is 18.7 Å². The summed E-state index contributed by atoms with van der Waals surface area (Å²) in [5.41, 5.74) is 2.73. The van der Waals surface area contributed by atoms with Crippen molar-refractivity contribution >= 4 is 15.9 Å². The summed E-state index contributed by atoms with van der Waals surface area (Å²) in [6, 6.07) is 0. The Bertz CT molecular complexity index is 462. The van der Waals surface area contributed by atoms with E-state index in [1.807, 2.05) is 32.9 Å². The Kier molecular flexibility index (Phi) is 4.87. The van der Waals surface area contributed by atoms with Crippen LogP contribution in [0.4, 0.5) is 13.2 Å². The van der Waals surface area contributed by atoms with Crippen LogP contribution in [0.3, 0.4) is 0 Å². The number of hydroxylamine groups is 1. The van der Waals surface area contributed by atoms with Gasteiger partial charge in [0.2, 0.25) is 0 Å². The Balaban J connectivity index is 2.42. The van der Waals surface area contributed by atoms with Crippen LogP contribution in [0.25, 0.3) is 0 Å². The minimum atomic E-state index is -4.39. The highest BCUT2D eigenvalue weighted by Gasteiger charge is 2.63. The third kappa shape index (κ3) is 3.06. The van der Waals surface area contributed by atoms with Crippen LogP contribution in [-0.2, 0) is 9.57 Å². The summed E-state index contributed by atoms with van der Waals surface area (Å²) in [5.74, 6) is -0.715. The molecule has 2 fully saturated rings. The van der Waals surface area contributed by atoms with Crippen LogP contribution >= 0.6 is 15.9 Å². The molecule has 21 heavy (non-hydrogen) atoms. The van der Waals surface area contributed by atoms with Gasteiger partial charge in [0.25, 0.3) is 0 Å². The molecule has 0 amide bonds. The van der Waals surface area contributed by atoms with Crippen LogP contribution in [0.5, 0.6) is 0 Å². The predicted octanol–water partition coefficient (Wildman–Crippen LogP) is 3.72. The third-order valence-electron chi connectivity index (χ3n) is 4.04. The first-order valence-corrected chi connectivity index (χ1v) is 7.63. The van der Waals surface area contributed by atoms with Gasteiger partial charge in [-0.1, -0.05) is 35.9 Å². The van der Waals surface area contributed by atoms with Gasteiger partial charge in [-0.25, -0.2) is 0 Å². The molecule has 0 aromatic heterocycles. The SMILES string of the molecule is C/C=C(Br)\C=C(/C(C)C)C12COC(C(F)(F)F)C1CON2. The van der Waals surface area contributed by atoms with Crippen LogP contribution in [0.2, 0.25) is 0 Å². The summed E-state index contributed by atoms with van der Waals surface area (Å²) in [5, 5.41) is 0. The largest absolute Gasteiger partial charge is 0.415 e. The Morgan fingerprint density at radius 3 is 2.62 bits per heavy atom. The molecule has 2 aliphatic heterocycles. The van der Waals surface area contributed by atoms with Crippen LogP contribution in [0, 0.1) is 11.8 Å². The summed E-state index contributed by atoms with van der Waals surface area (Å²) in [4.78, 5) is 5.18. The second-order valence-electron chi connectivity index (χ2n) is 5.69. The summed E-state index contributed by atoms with van der Waals surface area (Å²) in [6.07, 6.45) is -2.47. The van der Waals surface area contributed by atoms with E-state index in [9.17, 15) is 13.2 Å². The molecule has 3 unspecified atom stereocenters. The number of allylic oxidation sites excluding steroid dienone is 3. The quantitative estimate of drug-likeness (QED) is 0.769.